The Kier molecular flexibility index (Phi) is 6.15. The van der Waals surface area contributed by atoms with Crippen LogP contribution in [0.3, 0.4) is 0 Å². The highest BCUT2D eigenvalue weighted by Crippen LogP contribution is 2.27. The van der Waals surface area contributed by atoms with Crippen molar-refractivity contribution in [2.45, 2.75) is 65.2 Å². The number of hydrogen-bond donors (Lipinski definition) is 1. The van der Waals surface area contributed by atoms with E-state index in [0.717, 1.165) is 41.7 Å². The number of aromatic nitrogens is 2. The monoisotopic (exact) mass is 420 g/mol. The van der Waals surface area contributed by atoms with Crippen LogP contribution in [-0.4, -0.2) is 39.6 Å². The Bertz CT molecular complexity index is 824. The van der Waals surface area contributed by atoms with Crippen molar-refractivity contribution in [2.75, 3.05) is 13.1 Å². The third kappa shape index (κ3) is 3.87. The van der Waals surface area contributed by atoms with Crippen molar-refractivity contribution >= 4 is 26.8 Å². The van der Waals surface area contributed by atoms with Gasteiger partial charge in [0.2, 0.25) is 0 Å². The third-order valence-electron chi connectivity index (χ3n) is 5.15. The first-order valence-electron chi connectivity index (χ1n) is 9.64. The standard InChI is InChI=1S/C20H29BrN4O/c1-5-7-18(24-11-13(3)22-14(4)12-24)19-23-17-9-8-15(21)10-16(17)20(26)25(19)6-2/h8-10,13-14,18,22H,5-7,11-12H2,1-4H3/t13-,14-,18-/m0/s1. The van der Waals surface area contributed by atoms with E-state index in [1.54, 1.807) is 0 Å². The normalized spacial score (nSPS) is 22.7. The summed E-state index contributed by atoms with van der Waals surface area (Å²) in [6.45, 7) is 11.3. The first-order valence-corrected chi connectivity index (χ1v) is 10.4. The largest absolute Gasteiger partial charge is 0.309 e. The molecule has 2 heterocycles. The molecule has 3 atom stereocenters. The molecule has 6 heteroatoms. The molecule has 1 N–H and O–H groups in total. The fourth-order valence-corrected chi connectivity index (χ4v) is 4.50. The molecular weight excluding hydrogens is 392 g/mol. The van der Waals surface area contributed by atoms with E-state index in [2.05, 4.69) is 46.9 Å². The van der Waals surface area contributed by atoms with Crippen molar-refractivity contribution in [3.05, 3.63) is 38.9 Å². The molecule has 3 rings (SSSR count). The second-order valence-corrected chi connectivity index (χ2v) is 8.32. The van der Waals surface area contributed by atoms with Gasteiger partial charge in [0, 0.05) is 36.2 Å². The Hall–Kier alpha value is -1.24. The minimum Gasteiger partial charge on any atom is -0.309 e. The number of benzene rings is 1. The Morgan fingerprint density at radius 1 is 1.27 bits per heavy atom. The van der Waals surface area contributed by atoms with E-state index in [4.69, 9.17) is 4.98 Å². The first kappa shape index (κ1) is 19.5. The van der Waals surface area contributed by atoms with Crippen LogP contribution in [0.4, 0.5) is 0 Å². The zero-order valence-corrected chi connectivity index (χ0v) is 17.7. The van der Waals surface area contributed by atoms with Gasteiger partial charge >= 0.3 is 0 Å². The summed E-state index contributed by atoms with van der Waals surface area (Å²) >= 11 is 3.47. The van der Waals surface area contributed by atoms with Gasteiger partial charge in [0.25, 0.3) is 5.56 Å². The number of fused-ring (bicyclic) bond motifs is 1. The maximum absolute atomic E-state index is 13.1. The molecule has 1 aliphatic heterocycles. The predicted octanol–water partition coefficient (Wildman–Crippen LogP) is 3.70. The minimum absolute atomic E-state index is 0.0612. The van der Waals surface area contributed by atoms with E-state index in [1.165, 1.54) is 0 Å². The van der Waals surface area contributed by atoms with E-state index < -0.39 is 0 Å². The summed E-state index contributed by atoms with van der Waals surface area (Å²) in [6, 6.07) is 6.83. The van der Waals surface area contributed by atoms with Crippen LogP contribution in [0.25, 0.3) is 10.9 Å². The fourth-order valence-electron chi connectivity index (χ4n) is 4.14. The van der Waals surface area contributed by atoms with Crippen LogP contribution in [0.1, 0.15) is 52.4 Å². The second-order valence-electron chi connectivity index (χ2n) is 7.41. The lowest BCUT2D eigenvalue weighted by Crippen LogP contribution is -2.55. The summed E-state index contributed by atoms with van der Waals surface area (Å²) in [5.74, 6) is 0.912. The van der Waals surface area contributed by atoms with Crippen molar-refractivity contribution < 1.29 is 0 Å². The molecule has 1 saturated heterocycles. The van der Waals surface area contributed by atoms with Crippen LogP contribution in [0.2, 0.25) is 0 Å². The molecule has 26 heavy (non-hydrogen) atoms. The molecule has 0 aliphatic carbocycles. The van der Waals surface area contributed by atoms with Gasteiger partial charge in [-0.3, -0.25) is 14.3 Å². The van der Waals surface area contributed by atoms with Crippen molar-refractivity contribution in [1.29, 1.82) is 0 Å². The molecule has 1 aromatic carbocycles. The van der Waals surface area contributed by atoms with Gasteiger partial charge in [0.15, 0.2) is 0 Å². The van der Waals surface area contributed by atoms with Crippen LogP contribution in [0.5, 0.6) is 0 Å². The lowest BCUT2D eigenvalue weighted by atomic mass is 10.0. The Labute approximate surface area is 163 Å². The molecule has 0 bridgehead atoms. The van der Waals surface area contributed by atoms with Gasteiger partial charge in [-0.1, -0.05) is 29.3 Å². The van der Waals surface area contributed by atoms with E-state index >= 15 is 0 Å². The highest BCUT2D eigenvalue weighted by atomic mass is 79.9. The highest BCUT2D eigenvalue weighted by molar-refractivity contribution is 9.10. The third-order valence-corrected chi connectivity index (χ3v) is 5.64. The maximum Gasteiger partial charge on any atom is 0.261 e. The van der Waals surface area contributed by atoms with Gasteiger partial charge in [0.05, 0.1) is 16.9 Å². The lowest BCUT2D eigenvalue weighted by Gasteiger charge is -2.41. The number of nitrogens with one attached hydrogen (secondary N) is 1. The zero-order chi connectivity index (χ0) is 18.8. The molecule has 0 radical (unpaired) electrons. The molecule has 1 aromatic heterocycles. The van der Waals surface area contributed by atoms with Crippen LogP contribution >= 0.6 is 15.9 Å². The van der Waals surface area contributed by atoms with E-state index in [0.29, 0.717) is 24.0 Å². The number of hydrogen-bond acceptors (Lipinski definition) is 4. The number of rotatable bonds is 5. The molecule has 142 valence electrons. The summed E-state index contributed by atoms with van der Waals surface area (Å²) in [4.78, 5) is 20.6. The van der Waals surface area contributed by atoms with Crippen molar-refractivity contribution in [2.24, 2.45) is 0 Å². The van der Waals surface area contributed by atoms with Crippen molar-refractivity contribution in [3.63, 3.8) is 0 Å². The molecule has 1 aliphatic rings. The smallest absolute Gasteiger partial charge is 0.261 e. The van der Waals surface area contributed by atoms with Crippen LogP contribution in [-0.2, 0) is 6.54 Å². The number of nitrogens with zero attached hydrogens (tertiary/aromatic N) is 3. The minimum atomic E-state index is 0.0612. The summed E-state index contributed by atoms with van der Waals surface area (Å²) in [6.07, 6.45) is 2.07. The van der Waals surface area contributed by atoms with Crippen molar-refractivity contribution in [1.82, 2.24) is 19.8 Å². The average molecular weight is 421 g/mol. The van der Waals surface area contributed by atoms with Crippen molar-refractivity contribution in [3.8, 4) is 0 Å². The van der Waals surface area contributed by atoms with Gasteiger partial charge < -0.3 is 5.32 Å². The van der Waals surface area contributed by atoms with Gasteiger partial charge in [-0.2, -0.15) is 0 Å². The molecular formula is C20H29BrN4O. The van der Waals surface area contributed by atoms with Gasteiger partial charge in [-0.25, -0.2) is 4.98 Å². The van der Waals surface area contributed by atoms with Gasteiger partial charge in [0.1, 0.15) is 5.82 Å². The summed E-state index contributed by atoms with van der Waals surface area (Å²) in [7, 11) is 0. The van der Waals surface area contributed by atoms with E-state index in [-0.39, 0.29) is 11.6 Å². The fraction of sp³-hybridized carbons (Fsp3) is 0.600. The summed E-state index contributed by atoms with van der Waals surface area (Å²) in [5.41, 5.74) is 0.848. The number of halogens is 1. The van der Waals surface area contributed by atoms with Gasteiger partial charge in [-0.15, -0.1) is 0 Å². The molecule has 2 aromatic rings. The molecule has 0 saturated carbocycles. The Balaban J connectivity index is 2.13. The molecule has 0 spiro atoms. The molecule has 1 fully saturated rings. The zero-order valence-electron chi connectivity index (χ0n) is 16.1. The predicted molar refractivity (Wildman–Crippen MR) is 111 cm³/mol. The topological polar surface area (TPSA) is 50.2 Å². The van der Waals surface area contributed by atoms with Gasteiger partial charge in [-0.05, 0) is 45.4 Å². The second kappa shape index (κ2) is 8.19. The molecule has 5 nitrogen and oxygen atoms in total. The summed E-state index contributed by atoms with van der Waals surface area (Å²) < 4.78 is 2.78. The average Bonchev–Trinajstić information content (AvgIpc) is 2.59. The Morgan fingerprint density at radius 2 is 1.96 bits per heavy atom. The highest BCUT2D eigenvalue weighted by Gasteiger charge is 2.30. The maximum atomic E-state index is 13.1. The molecule has 0 unspecified atom stereocenters. The van der Waals surface area contributed by atoms with E-state index in [1.807, 2.05) is 29.7 Å². The lowest BCUT2D eigenvalue weighted by molar-refractivity contribution is 0.109. The van der Waals surface area contributed by atoms with Crippen LogP contribution in [0.15, 0.2) is 27.5 Å². The summed E-state index contributed by atoms with van der Waals surface area (Å²) in [5, 5.41) is 4.28. The Morgan fingerprint density at radius 3 is 2.58 bits per heavy atom. The first-order chi connectivity index (χ1) is 12.4. The quantitative estimate of drug-likeness (QED) is 0.800. The van der Waals surface area contributed by atoms with Crippen LogP contribution < -0.4 is 10.9 Å². The SMILES string of the molecule is CCC[C@@H](c1nc2ccc(Br)cc2c(=O)n1CC)N1C[C@H](C)N[C@@H](C)C1. The molecule has 0 amide bonds. The van der Waals surface area contributed by atoms with Crippen LogP contribution in [0, 0.1) is 0 Å². The van der Waals surface area contributed by atoms with E-state index in [9.17, 15) is 4.79 Å². The number of piperazine rings is 1.